The van der Waals surface area contributed by atoms with Gasteiger partial charge in [-0.3, -0.25) is 4.79 Å². The molecule has 0 spiro atoms. The summed E-state index contributed by atoms with van der Waals surface area (Å²) in [6.07, 6.45) is 1.29. The summed E-state index contributed by atoms with van der Waals surface area (Å²) in [6, 6.07) is 4.64. The first-order valence-corrected chi connectivity index (χ1v) is 7.68. The van der Waals surface area contributed by atoms with Gasteiger partial charge in [0, 0.05) is 32.7 Å². The fourth-order valence-corrected chi connectivity index (χ4v) is 3.36. The predicted octanol–water partition coefficient (Wildman–Crippen LogP) is 1.72. The first-order chi connectivity index (χ1) is 8.84. The lowest BCUT2D eigenvalue weighted by atomic mass is 10.3. The smallest absolute Gasteiger partial charge is 0.244 e. The van der Waals surface area contributed by atoms with E-state index in [1.54, 1.807) is 11.0 Å². The fraction of sp³-hybridized carbons (Fsp3) is 0.417. The summed E-state index contributed by atoms with van der Waals surface area (Å²) in [6.45, 7) is 0.613. The SMILES string of the molecule is CN(C)S(=O)(=O)c1cc(N2CCCC2=O)ccc1Cl. The number of benzene rings is 1. The van der Waals surface area contributed by atoms with Gasteiger partial charge in [-0.15, -0.1) is 0 Å². The molecular weight excluding hydrogens is 288 g/mol. The Bertz CT molecular complexity index is 613. The molecule has 0 N–H and O–H groups in total. The Morgan fingerprint density at radius 2 is 2.00 bits per heavy atom. The van der Waals surface area contributed by atoms with Gasteiger partial charge in [-0.1, -0.05) is 11.6 Å². The molecule has 0 aliphatic carbocycles. The van der Waals surface area contributed by atoms with E-state index in [1.165, 1.54) is 26.2 Å². The van der Waals surface area contributed by atoms with Crippen LogP contribution in [-0.4, -0.2) is 39.3 Å². The summed E-state index contributed by atoms with van der Waals surface area (Å²) in [5.41, 5.74) is 0.576. The van der Waals surface area contributed by atoms with Crippen molar-refractivity contribution in [2.24, 2.45) is 0 Å². The third kappa shape index (κ3) is 2.61. The number of amides is 1. The highest BCUT2D eigenvalue weighted by molar-refractivity contribution is 7.89. The molecule has 0 atom stereocenters. The van der Waals surface area contributed by atoms with Gasteiger partial charge >= 0.3 is 0 Å². The van der Waals surface area contributed by atoms with Gasteiger partial charge in [-0.25, -0.2) is 12.7 Å². The molecule has 1 fully saturated rings. The predicted molar refractivity (Wildman–Crippen MR) is 73.9 cm³/mol. The van der Waals surface area contributed by atoms with E-state index in [-0.39, 0.29) is 15.8 Å². The van der Waals surface area contributed by atoms with Gasteiger partial charge in [-0.05, 0) is 24.6 Å². The van der Waals surface area contributed by atoms with Crippen LogP contribution < -0.4 is 4.90 Å². The second-order valence-corrected chi connectivity index (χ2v) is 7.08. The van der Waals surface area contributed by atoms with Gasteiger partial charge in [0.2, 0.25) is 15.9 Å². The molecule has 1 amide bonds. The first kappa shape index (κ1) is 14.3. The highest BCUT2D eigenvalue weighted by Crippen LogP contribution is 2.30. The number of carbonyl (C=O) groups excluding carboxylic acids is 1. The molecule has 104 valence electrons. The molecule has 0 saturated carbocycles. The maximum atomic E-state index is 12.1. The number of halogens is 1. The molecule has 1 saturated heterocycles. The van der Waals surface area contributed by atoms with Crippen molar-refractivity contribution in [3.63, 3.8) is 0 Å². The number of nitrogens with zero attached hydrogens (tertiary/aromatic N) is 2. The lowest BCUT2D eigenvalue weighted by molar-refractivity contribution is -0.117. The van der Waals surface area contributed by atoms with Crippen LogP contribution in [0.3, 0.4) is 0 Å². The largest absolute Gasteiger partial charge is 0.312 e. The van der Waals surface area contributed by atoms with Crippen LogP contribution in [0.4, 0.5) is 5.69 Å². The Kier molecular flexibility index (Phi) is 3.85. The van der Waals surface area contributed by atoms with Gasteiger partial charge in [0.05, 0.1) is 5.02 Å². The van der Waals surface area contributed by atoms with Gasteiger partial charge in [0.25, 0.3) is 0 Å². The zero-order valence-corrected chi connectivity index (χ0v) is 12.3. The minimum atomic E-state index is -3.61. The van der Waals surface area contributed by atoms with Gasteiger partial charge < -0.3 is 4.90 Å². The topological polar surface area (TPSA) is 57.7 Å². The number of hydrogen-bond donors (Lipinski definition) is 0. The lowest BCUT2D eigenvalue weighted by Gasteiger charge is -2.18. The number of anilines is 1. The van der Waals surface area contributed by atoms with E-state index in [0.29, 0.717) is 18.7 Å². The van der Waals surface area contributed by atoms with E-state index in [2.05, 4.69) is 0 Å². The highest BCUT2D eigenvalue weighted by atomic mass is 35.5. The van der Waals surface area contributed by atoms with Crippen LogP contribution in [0, 0.1) is 0 Å². The van der Waals surface area contributed by atoms with Crippen molar-refractivity contribution in [1.29, 1.82) is 0 Å². The van der Waals surface area contributed by atoms with Gasteiger partial charge in [0.15, 0.2) is 0 Å². The van der Waals surface area contributed by atoms with Gasteiger partial charge in [0.1, 0.15) is 4.90 Å². The van der Waals surface area contributed by atoms with Crippen molar-refractivity contribution in [2.45, 2.75) is 17.7 Å². The third-order valence-electron chi connectivity index (χ3n) is 3.06. The van der Waals surface area contributed by atoms with Crippen LogP contribution in [0.5, 0.6) is 0 Å². The Morgan fingerprint density at radius 1 is 1.32 bits per heavy atom. The molecule has 1 aliphatic heterocycles. The molecule has 0 aromatic heterocycles. The normalized spacial score (nSPS) is 16.4. The van der Waals surface area contributed by atoms with Crippen molar-refractivity contribution >= 4 is 33.2 Å². The van der Waals surface area contributed by atoms with Crippen molar-refractivity contribution in [1.82, 2.24) is 4.31 Å². The first-order valence-electron chi connectivity index (χ1n) is 5.86. The summed E-state index contributed by atoms with van der Waals surface area (Å²) in [7, 11) is -0.726. The van der Waals surface area contributed by atoms with Gasteiger partial charge in [-0.2, -0.15) is 0 Å². The van der Waals surface area contributed by atoms with E-state index in [0.717, 1.165) is 10.7 Å². The maximum absolute atomic E-state index is 12.1. The molecule has 1 aliphatic rings. The molecule has 0 radical (unpaired) electrons. The van der Waals surface area contributed by atoms with Crippen LogP contribution in [-0.2, 0) is 14.8 Å². The molecule has 19 heavy (non-hydrogen) atoms. The number of sulfonamides is 1. The van der Waals surface area contributed by atoms with Crippen molar-refractivity contribution in [3.8, 4) is 0 Å². The second kappa shape index (κ2) is 5.11. The number of rotatable bonds is 3. The summed E-state index contributed by atoms with van der Waals surface area (Å²) in [5.74, 6) is 0.00974. The Balaban J connectivity index is 2.49. The molecule has 2 rings (SSSR count). The van der Waals surface area contributed by atoms with Crippen molar-refractivity contribution in [2.75, 3.05) is 25.5 Å². The van der Waals surface area contributed by atoms with Crippen LogP contribution >= 0.6 is 11.6 Å². The fourth-order valence-electron chi connectivity index (χ4n) is 1.98. The van der Waals surface area contributed by atoms with Crippen LogP contribution in [0.1, 0.15) is 12.8 Å². The molecular formula is C12H15ClN2O3S. The summed E-state index contributed by atoms with van der Waals surface area (Å²) < 4.78 is 25.4. The average molecular weight is 303 g/mol. The van der Waals surface area contributed by atoms with E-state index in [1.807, 2.05) is 0 Å². The van der Waals surface area contributed by atoms with E-state index in [9.17, 15) is 13.2 Å². The Labute approximate surface area is 117 Å². The van der Waals surface area contributed by atoms with E-state index in [4.69, 9.17) is 11.6 Å². The van der Waals surface area contributed by atoms with Crippen LogP contribution in [0.15, 0.2) is 23.1 Å². The molecule has 7 heteroatoms. The summed E-state index contributed by atoms with van der Waals surface area (Å²) in [4.78, 5) is 13.3. The van der Waals surface area contributed by atoms with Crippen molar-refractivity contribution < 1.29 is 13.2 Å². The molecule has 1 aromatic carbocycles. The van der Waals surface area contributed by atoms with Crippen LogP contribution in [0.25, 0.3) is 0 Å². The average Bonchev–Trinajstić information content (AvgIpc) is 2.75. The summed E-state index contributed by atoms with van der Waals surface area (Å²) >= 11 is 5.96. The Morgan fingerprint density at radius 3 is 2.53 bits per heavy atom. The third-order valence-corrected chi connectivity index (χ3v) is 5.36. The minimum absolute atomic E-state index is 0.00974. The molecule has 5 nitrogen and oxygen atoms in total. The maximum Gasteiger partial charge on any atom is 0.244 e. The zero-order valence-electron chi connectivity index (χ0n) is 10.8. The summed E-state index contributed by atoms with van der Waals surface area (Å²) in [5, 5.41) is 0.157. The Hall–Kier alpha value is -1.11. The van der Waals surface area contributed by atoms with E-state index >= 15 is 0 Å². The highest BCUT2D eigenvalue weighted by Gasteiger charge is 2.26. The molecule has 1 heterocycles. The number of carbonyl (C=O) groups is 1. The molecule has 1 aromatic rings. The monoisotopic (exact) mass is 302 g/mol. The lowest BCUT2D eigenvalue weighted by Crippen LogP contribution is -2.25. The van der Waals surface area contributed by atoms with Crippen molar-refractivity contribution in [3.05, 3.63) is 23.2 Å². The molecule has 0 bridgehead atoms. The number of hydrogen-bond acceptors (Lipinski definition) is 3. The standard InChI is InChI=1S/C12H15ClN2O3S/c1-14(2)19(17,18)11-8-9(5-6-10(11)13)15-7-3-4-12(15)16/h5-6,8H,3-4,7H2,1-2H3. The van der Waals surface area contributed by atoms with Crippen LogP contribution in [0.2, 0.25) is 5.02 Å². The zero-order chi connectivity index (χ0) is 14.2. The quantitative estimate of drug-likeness (QED) is 0.854. The second-order valence-electron chi connectivity index (χ2n) is 4.55. The minimum Gasteiger partial charge on any atom is -0.312 e. The van der Waals surface area contributed by atoms with E-state index < -0.39 is 10.0 Å². The molecule has 0 unspecified atom stereocenters.